The zero-order valence-corrected chi connectivity index (χ0v) is 13.9. The number of benzene rings is 1. The second-order valence-electron chi connectivity index (χ2n) is 5.57. The Morgan fingerprint density at radius 1 is 1.25 bits per heavy atom. The van der Waals surface area contributed by atoms with Gasteiger partial charge in [-0.25, -0.2) is 8.42 Å². The molecule has 3 unspecified atom stereocenters. The molecule has 0 spiro atoms. The largest absolute Gasteiger partial charge is 0.306 e. The number of sulfone groups is 1. The van der Waals surface area contributed by atoms with E-state index in [1.165, 1.54) is 16.7 Å². The number of hydrogen-bond donors (Lipinski definition) is 1. The third-order valence-corrected chi connectivity index (χ3v) is 6.49. The van der Waals surface area contributed by atoms with Crippen molar-refractivity contribution in [2.45, 2.75) is 48.4 Å². The number of rotatable bonds is 5. The summed E-state index contributed by atoms with van der Waals surface area (Å²) in [4.78, 5) is 1.25. The normalized spacial score (nSPS) is 24.8. The van der Waals surface area contributed by atoms with Crippen LogP contribution < -0.4 is 5.32 Å². The van der Waals surface area contributed by atoms with Gasteiger partial charge >= 0.3 is 0 Å². The summed E-state index contributed by atoms with van der Waals surface area (Å²) >= 11 is 1.73. The fourth-order valence-electron chi connectivity index (χ4n) is 2.94. The minimum atomic E-state index is -2.96. The molecule has 3 nitrogen and oxygen atoms in total. The summed E-state index contributed by atoms with van der Waals surface area (Å²) in [5.41, 5.74) is 1.21. The molecule has 1 fully saturated rings. The number of thioether (sulfide) groups is 1. The molecule has 2 rings (SSSR count). The van der Waals surface area contributed by atoms with Gasteiger partial charge in [0.05, 0.1) is 5.25 Å². The average molecular weight is 313 g/mol. The molecule has 0 saturated heterocycles. The summed E-state index contributed by atoms with van der Waals surface area (Å²) in [6.45, 7) is 2.10. The van der Waals surface area contributed by atoms with Gasteiger partial charge in [-0.15, -0.1) is 11.8 Å². The Bertz CT molecular complexity index is 539. The third-order valence-electron chi connectivity index (χ3n) is 4.08. The van der Waals surface area contributed by atoms with E-state index < -0.39 is 9.84 Å². The average Bonchev–Trinajstić information content (AvgIpc) is 2.87. The molecule has 1 aliphatic rings. The first-order chi connectivity index (χ1) is 9.41. The van der Waals surface area contributed by atoms with Crippen LogP contribution in [0.3, 0.4) is 0 Å². The van der Waals surface area contributed by atoms with Crippen LogP contribution in [0.5, 0.6) is 0 Å². The molecule has 0 amide bonds. The van der Waals surface area contributed by atoms with E-state index in [0.29, 0.717) is 0 Å². The standard InChI is InChI=1S/C15H23NO2S2/c1-11(12-7-9-13(19-2)10-8-12)16-14-5-4-6-15(14)20(3,17)18/h7-11,14-16H,4-6H2,1-3H3. The molecule has 112 valence electrons. The maximum Gasteiger partial charge on any atom is 0.151 e. The maximum absolute atomic E-state index is 11.8. The first kappa shape index (κ1) is 15.9. The molecule has 0 heterocycles. The molecule has 0 bridgehead atoms. The van der Waals surface area contributed by atoms with Gasteiger partial charge in [-0.05, 0) is 43.7 Å². The van der Waals surface area contributed by atoms with Gasteiger partial charge in [-0.2, -0.15) is 0 Å². The molecule has 20 heavy (non-hydrogen) atoms. The highest BCUT2D eigenvalue weighted by Gasteiger charge is 2.35. The lowest BCUT2D eigenvalue weighted by Crippen LogP contribution is -2.41. The van der Waals surface area contributed by atoms with Crippen molar-refractivity contribution in [1.29, 1.82) is 0 Å². The van der Waals surface area contributed by atoms with Crippen molar-refractivity contribution in [1.82, 2.24) is 5.32 Å². The van der Waals surface area contributed by atoms with Gasteiger partial charge in [0.25, 0.3) is 0 Å². The van der Waals surface area contributed by atoms with Crippen LogP contribution in [0.2, 0.25) is 0 Å². The van der Waals surface area contributed by atoms with Crippen LogP contribution in [0.1, 0.15) is 37.8 Å². The van der Waals surface area contributed by atoms with Crippen LogP contribution in [0.4, 0.5) is 0 Å². The second-order valence-corrected chi connectivity index (χ2v) is 8.71. The Labute approximate surface area is 126 Å². The van der Waals surface area contributed by atoms with Crippen LogP contribution in [0, 0.1) is 0 Å². The lowest BCUT2D eigenvalue weighted by atomic mass is 10.1. The van der Waals surface area contributed by atoms with Crippen molar-refractivity contribution in [2.75, 3.05) is 12.5 Å². The molecule has 1 saturated carbocycles. The summed E-state index contributed by atoms with van der Waals surface area (Å²) < 4.78 is 23.6. The van der Waals surface area contributed by atoms with E-state index in [-0.39, 0.29) is 17.3 Å². The monoisotopic (exact) mass is 313 g/mol. The van der Waals surface area contributed by atoms with E-state index in [9.17, 15) is 8.42 Å². The summed E-state index contributed by atoms with van der Waals surface area (Å²) in [6, 6.07) is 8.72. The Morgan fingerprint density at radius 2 is 1.90 bits per heavy atom. The topological polar surface area (TPSA) is 46.2 Å². The predicted octanol–water partition coefficient (Wildman–Crippen LogP) is 3.02. The van der Waals surface area contributed by atoms with E-state index in [1.54, 1.807) is 11.8 Å². The third kappa shape index (κ3) is 3.77. The Kier molecular flexibility index (Phi) is 5.15. The Morgan fingerprint density at radius 3 is 2.45 bits per heavy atom. The van der Waals surface area contributed by atoms with E-state index in [4.69, 9.17) is 0 Å². The fraction of sp³-hybridized carbons (Fsp3) is 0.600. The molecule has 0 aromatic heterocycles. The lowest BCUT2D eigenvalue weighted by molar-refractivity contribution is 0.455. The Hall–Kier alpha value is -0.520. The van der Waals surface area contributed by atoms with Crippen molar-refractivity contribution in [3.63, 3.8) is 0 Å². The van der Waals surface area contributed by atoms with Crippen LogP contribution in [-0.4, -0.2) is 32.2 Å². The highest BCUT2D eigenvalue weighted by atomic mass is 32.2. The maximum atomic E-state index is 11.8. The van der Waals surface area contributed by atoms with Gasteiger partial charge in [0.1, 0.15) is 0 Å². The van der Waals surface area contributed by atoms with Crippen LogP contribution in [0.25, 0.3) is 0 Å². The van der Waals surface area contributed by atoms with E-state index in [0.717, 1.165) is 19.3 Å². The molecule has 5 heteroatoms. The van der Waals surface area contributed by atoms with Gasteiger partial charge in [0.2, 0.25) is 0 Å². The zero-order valence-electron chi connectivity index (χ0n) is 12.3. The van der Waals surface area contributed by atoms with Crippen molar-refractivity contribution in [3.8, 4) is 0 Å². The highest BCUT2D eigenvalue weighted by Crippen LogP contribution is 2.28. The quantitative estimate of drug-likeness (QED) is 0.849. The Balaban J connectivity index is 2.05. The van der Waals surface area contributed by atoms with Gasteiger partial charge in [0.15, 0.2) is 9.84 Å². The summed E-state index contributed by atoms with van der Waals surface area (Å²) in [6.07, 6.45) is 6.15. The smallest absolute Gasteiger partial charge is 0.151 e. The second kappa shape index (κ2) is 6.50. The molecule has 3 atom stereocenters. The lowest BCUT2D eigenvalue weighted by Gasteiger charge is -2.24. The molecular weight excluding hydrogens is 290 g/mol. The van der Waals surface area contributed by atoms with Crippen LogP contribution in [-0.2, 0) is 9.84 Å². The van der Waals surface area contributed by atoms with Crippen LogP contribution in [0.15, 0.2) is 29.2 Å². The molecule has 0 radical (unpaired) electrons. The minimum absolute atomic E-state index is 0.0835. The van der Waals surface area contributed by atoms with E-state index >= 15 is 0 Å². The molecule has 1 N–H and O–H groups in total. The van der Waals surface area contributed by atoms with Gasteiger partial charge in [-0.1, -0.05) is 18.6 Å². The number of hydrogen-bond acceptors (Lipinski definition) is 4. The van der Waals surface area contributed by atoms with Gasteiger partial charge in [0, 0.05) is 23.2 Å². The first-order valence-corrected chi connectivity index (χ1v) is 10.2. The molecule has 0 aliphatic heterocycles. The van der Waals surface area contributed by atoms with Gasteiger partial charge < -0.3 is 5.32 Å². The molecule has 1 aliphatic carbocycles. The van der Waals surface area contributed by atoms with Crippen molar-refractivity contribution in [3.05, 3.63) is 29.8 Å². The number of nitrogens with one attached hydrogen (secondary N) is 1. The predicted molar refractivity (Wildman–Crippen MR) is 86.0 cm³/mol. The fourth-order valence-corrected chi connectivity index (χ4v) is 4.75. The first-order valence-electron chi connectivity index (χ1n) is 7.00. The van der Waals surface area contributed by atoms with Crippen LogP contribution >= 0.6 is 11.8 Å². The summed E-state index contributed by atoms with van der Waals surface area (Å²) in [7, 11) is -2.96. The van der Waals surface area contributed by atoms with E-state index in [2.05, 4.69) is 42.8 Å². The minimum Gasteiger partial charge on any atom is -0.306 e. The highest BCUT2D eigenvalue weighted by molar-refractivity contribution is 7.98. The van der Waals surface area contributed by atoms with Gasteiger partial charge in [-0.3, -0.25) is 0 Å². The molecular formula is C15H23NO2S2. The van der Waals surface area contributed by atoms with Crippen molar-refractivity contribution >= 4 is 21.6 Å². The van der Waals surface area contributed by atoms with Crippen molar-refractivity contribution < 1.29 is 8.42 Å². The molecule has 1 aromatic carbocycles. The van der Waals surface area contributed by atoms with E-state index in [1.807, 2.05) is 0 Å². The molecule has 1 aromatic rings. The summed E-state index contributed by atoms with van der Waals surface area (Å²) in [5, 5.41) is 3.28. The zero-order chi connectivity index (χ0) is 14.8. The SMILES string of the molecule is CSc1ccc(C(C)NC2CCCC2S(C)(=O)=O)cc1. The van der Waals surface area contributed by atoms with Crippen molar-refractivity contribution in [2.24, 2.45) is 0 Å². The summed E-state index contributed by atoms with van der Waals surface area (Å²) in [5.74, 6) is 0.